The predicted octanol–water partition coefficient (Wildman–Crippen LogP) is 3.70. The number of carbonyl (C=O) groups is 1. The highest BCUT2D eigenvalue weighted by Gasteiger charge is 2.23. The number of amides is 1. The van der Waals surface area contributed by atoms with Crippen molar-refractivity contribution in [2.75, 3.05) is 5.32 Å². The summed E-state index contributed by atoms with van der Waals surface area (Å²) in [5, 5.41) is 12.9. The van der Waals surface area contributed by atoms with E-state index in [-0.39, 0.29) is 17.3 Å². The first kappa shape index (κ1) is 20.5. The van der Waals surface area contributed by atoms with E-state index >= 15 is 0 Å². The van der Waals surface area contributed by atoms with Crippen LogP contribution in [0.25, 0.3) is 22.0 Å². The van der Waals surface area contributed by atoms with Gasteiger partial charge in [0.05, 0.1) is 22.7 Å². The summed E-state index contributed by atoms with van der Waals surface area (Å²) in [7, 11) is 1.72. The van der Waals surface area contributed by atoms with Gasteiger partial charge >= 0.3 is 0 Å². The molecule has 0 aliphatic heterocycles. The summed E-state index contributed by atoms with van der Waals surface area (Å²) >= 11 is 0. The smallest absolute Gasteiger partial charge is 0.274 e. The Bertz CT molecular complexity index is 1320. The second-order valence-corrected chi connectivity index (χ2v) is 7.31. The quantitative estimate of drug-likeness (QED) is 0.535. The van der Waals surface area contributed by atoms with Crippen molar-refractivity contribution in [3.8, 4) is 11.3 Å². The lowest BCUT2D eigenvalue weighted by Gasteiger charge is -2.15. The fourth-order valence-electron chi connectivity index (χ4n) is 3.50. The first-order valence-corrected chi connectivity index (χ1v) is 9.99. The molecule has 0 radical (unpaired) electrons. The molecule has 4 rings (SSSR count). The molecule has 1 atom stereocenters. The number of anilines is 1. The van der Waals surface area contributed by atoms with E-state index in [0.717, 1.165) is 5.56 Å². The van der Waals surface area contributed by atoms with Crippen LogP contribution in [-0.2, 0) is 18.4 Å². The summed E-state index contributed by atoms with van der Waals surface area (Å²) < 4.78 is 16.1. The van der Waals surface area contributed by atoms with E-state index < -0.39 is 5.92 Å². The molecule has 2 aromatic carbocycles. The molecule has 1 N–H and O–H groups in total. The Kier molecular flexibility index (Phi) is 5.37. The molecule has 0 fully saturated rings. The van der Waals surface area contributed by atoms with Gasteiger partial charge in [0.15, 0.2) is 0 Å². The van der Waals surface area contributed by atoms with Crippen LogP contribution in [0.2, 0.25) is 0 Å². The van der Waals surface area contributed by atoms with Crippen LogP contribution in [0.5, 0.6) is 0 Å². The molecule has 0 bridgehead atoms. The number of rotatable bonds is 5. The molecule has 8 heteroatoms. The Morgan fingerprint density at radius 2 is 1.77 bits per heavy atom. The minimum absolute atomic E-state index is 0.176. The van der Waals surface area contributed by atoms with Gasteiger partial charge in [-0.25, -0.2) is 9.07 Å². The van der Waals surface area contributed by atoms with Gasteiger partial charge in [0.2, 0.25) is 5.91 Å². The number of fused-ring (bicyclic) bond motifs is 1. The van der Waals surface area contributed by atoms with E-state index in [4.69, 9.17) is 0 Å². The number of aromatic nitrogens is 4. The maximum absolute atomic E-state index is 13.2. The third kappa shape index (κ3) is 3.84. The minimum Gasteiger partial charge on any atom is -0.310 e. The number of hydrogen-bond acceptors (Lipinski definition) is 4. The van der Waals surface area contributed by atoms with Crippen molar-refractivity contribution in [1.82, 2.24) is 19.6 Å². The van der Waals surface area contributed by atoms with Crippen LogP contribution in [0, 0.1) is 5.82 Å². The number of hydrogen-bond donors (Lipinski definition) is 1. The van der Waals surface area contributed by atoms with E-state index in [0.29, 0.717) is 34.5 Å². The molecule has 0 spiro atoms. The van der Waals surface area contributed by atoms with Gasteiger partial charge in [-0.05, 0) is 44.2 Å². The zero-order valence-electron chi connectivity index (χ0n) is 17.5. The van der Waals surface area contributed by atoms with Crippen molar-refractivity contribution < 1.29 is 9.18 Å². The topological polar surface area (TPSA) is 81.8 Å². The van der Waals surface area contributed by atoms with Gasteiger partial charge in [-0.1, -0.05) is 18.2 Å². The van der Waals surface area contributed by atoms with Crippen molar-refractivity contribution in [3.05, 3.63) is 76.5 Å². The summed E-state index contributed by atoms with van der Waals surface area (Å²) in [6.45, 7) is 4.00. The molecule has 2 aromatic heterocycles. The molecule has 158 valence electrons. The zero-order valence-corrected chi connectivity index (χ0v) is 17.5. The van der Waals surface area contributed by atoms with Gasteiger partial charge < -0.3 is 5.32 Å². The summed E-state index contributed by atoms with van der Waals surface area (Å²) in [4.78, 5) is 25.6. The maximum Gasteiger partial charge on any atom is 0.274 e. The van der Waals surface area contributed by atoms with Crippen LogP contribution < -0.4 is 10.9 Å². The molecule has 1 amide bonds. The van der Waals surface area contributed by atoms with E-state index in [1.807, 2.05) is 13.0 Å². The van der Waals surface area contributed by atoms with Gasteiger partial charge in [0.1, 0.15) is 11.6 Å². The van der Waals surface area contributed by atoms with Crippen molar-refractivity contribution in [2.24, 2.45) is 7.05 Å². The Labute approximate surface area is 178 Å². The van der Waals surface area contributed by atoms with E-state index in [1.54, 1.807) is 55.1 Å². The molecule has 0 saturated heterocycles. The Morgan fingerprint density at radius 3 is 2.45 bits per heavy atom. The molecule has 2 heterocycles. The van der Waals surface area contributed by atoms with Gasteiger partial charge in [-0.15, -0.1) is 0 Å². The lowest BCUT2D eigenvalue weighted by atomic mass is 10.0. The summed E-state index contributed by atoms with van der Waals surface area (Å²) in [6, 6.07) is 14.9. The van der Waals surface area contributed by atoms with E-state index in [9.17, 15) is 14.0 Å². The zero-order chi connectivity index (χ0) is 22.1. The standard InChI is InChI=1S/C23H22FN5O2/c1-4-29-23(31)18-8-6-5-7-17(18)21(27-29)14(2)22(30)25-20-13-19(26-28(20)3)15-9-11-16(24)12-10-15/h5-14H,4H2,1-3H3,(H,25,30). The van der Waals surface area contributed by atoms with Crippen LogP contribution in [0.3, 0.4) is 0 Å². The van der Waals surface area contributed by atoms with Crippen LogP contribution in [0.15, 0.2) is 59.4 Å². The molecular formula is C23H22FN5O2. The Morgan fingerprint density at radius 1 is 1.10 bits per heavy atom. The average molecular weight is 419 g/mol. The first-order chi connectivity index (χ1) is 14.9. The largest absolute Gasteiger partial charge is 0.310 e. The Balaban J connectivity index is 1.65. The summed E-state index contributed by atoms with van der Waals surface area (Å²) in [5.74, 6) is -0.695. The van der Waals surface area contributed by atoms with Crippen molar-refractivity contribution in [1.29, 1.82) is 0 Å². The molecule has 1 unspecified atom stereocenters. The minimum atomic E-state index is -0.604. The van der Waals surface area contributed by atoms with Crippen LogP contribution in [0.4, 0.5) is 10.2 Å². The summed E-state index contributed by atoms with van der Waals surface area (Å²) in [5.41, 5.74) is 1.72. The van der Waals surface area contributed by atoms with Gasteiger partial charge in [-0.2, -0.15) is 10.2 Å². The van der Waals surface area contributed by atoms with Crippen LogP contribution in [-0.4, -0.2) is 25.5 Å². The second kappa shape index (κ2) is 8.14. The molecule has 7 nitrogen and oxygen atoms in total. The highest BCUT2D eigenvalue weighted by Crippen LogP contribution is 2.25. The Hall–Kier alpha value is -3.81. The lowest BCUT2D eigenvalue weighted by Crippen LogP contribution is -2.27. The SMILES string of the molecule is CCn1nc(C(C)C(=O)Nc2cc(-c3ccc(F)cc3)nn2C)c2ccccc2c1=O. The molecule has 0 aliphatic rings. The monoisotopic (exact) mass is 419 g/mol. The molecule has 0 saturated carbocycles. The van der Waals surface area contributed by atoms with Gasteiger partial charge in [-0.3, -0.25) is 14.3 Å². The average Bonchev–Trinajstić information content (AvgIpc) is 3.14. The normalized spacial score (nSPS) is 12.1. The van der Waals surface area contributed by atoms with Crippen LogP contribution >= 0.6 is 0 Å². The summed E-state index contributed by atoms with van der Waals surface area (Å²) in [6.07, 6.45) is 0. The number of halogens is 1. The van der Waals surface area contributed by atoms with Crippen molar-refractivity contribution in [3.63, 3.8) is 0 Å². The number of nitrogens with one attached hydrogen (secondary N) is 1. The lowest BCUT2D eigenvalue weighted by molar-refractivity contribution is -0.117. The number of nitrogens with zero attached hydrogens (tertiary/aromatic N) is 4. The molecular weight excluding hydrogens is 397 g/mol. The number of carbonyl (C=O) groups excluding carboxylic acids is 1. The van der Waals surface area contributed by atoms with Crippen molar-refractivity contribution >= 4 is 22.5 Å². The highest BCUT2D eigenvalue weighted by molar-refractivity contribution is 5.98. The van der Waals surface area contributed by atoms with Crippen LogP contribution in [0.1, 0.15) is 25.5 Å². The van der Waals surface area contributed by atoms with Crippen molar-refractivity contribution in [2.45, 2.75) is 26.3 Å². The third-order valence-electron chi connectivity index (χ3n) is 5.27. The van der Waals surface area contributed by atoms with Gasteiger partial charge in [0, 0.05) is 30.6 Å². The number of benzene rings is 2. The van der Waals surface area contributed by atoms with E-state index in [1.165, 1.54) is 16.8 Å². The highest BCUT2D eigenvalue weighted by atomic mass is 19.1. The van der Waals surface area contributed by atoms with Gasteiger partial charge in [0.25, 0.3) is 5.56 Å². The molecule has 4 aromatic rings. The fraction of sp³-hybridized carbons (Fsp3) is 0.217. The maximum atomic E-state index is 13.2. The first-order valence-electron chi connectivity index (χ1n) is 9.99. The molecule has 31 heavy (non-hydrogen) atoms. The van der Waals surface area contributed by atoms with E-state index in [2.05, 4.69) is 15.5 Å². The second-order valence-electron chi connectivity index (χ2n) is 7.31. The fourth-order valence-corrected chi connectivity index (χ4v) is 3.50. The third-order valence-corrected chi connectivity index (χ3v) is 5.27. The number of aryl methyl sites for hydroxylation is 2. The predicted molar refractivity (Wildman–Crippen MR) is 117 cm³/mol. The molecule has 0 aliphatic carbocycles.